The van der Waals surface area contributed by atoms with Crippen molar-refractivity contribution < 1.29 is 13.9 Å². The first-order chi connectivity index (χ1) is 16.1. The molecule has 7 heteroatoms. The lowest BCUT2D eigenvalue weighted by molar-refractivity contribution is 0.138. The van der Waals surface area contributed by atoms with Crippen molar-refractivity contribution in [2.24, 2.45) is 0 Å². The smallest absolute Gasteiger partial charge is 0.336 e. The summed E-state index contributed by atoms with van der Waals surface area (Å²) in [4.78, 5) is 20.9. The molecule has 33 heavy (non-hydrogen) atoms. The lowest BCUT2D eigenvalue weighted by atomic mass is 10.0. The quantitative estimate of drug-likeness (QED) is 0.456. The molecule has 1 aliphatic rings. The molecule has 1 atom stereocenters. The van der Waals surface area contributed by atoms with Gasteiger partial charge >= 0.3 is 5.63 Å². The Kier molecular flexibility index (Phi) is 6.07. The van der Waals surface area contributed by atoms with Crippen molar-refractivity contribution in [3.8, 4) is 0 Å². The predicted molar refractivity (Wildman–Crippen MR) is 127 cm³/mol. The van der Waals surface area contributed by atoms with Crippen molar-refractivity contribution in [1.82, 2.24) is 9.88 Å². The summed E-state index contributed by atoms with van der Waals surface area (Å²) in [5.41, 5.74) is 0.965. The van der Waals surface area contributed by atoms with Crippen LogP contribution in [0.3, 0.4) is 0 Å². The fourth-order valence-electron chi connectivity index (χ4n) is 4.60. The Hall–Kier alpha value is -3.29. The predicted octanol–water partition coefficient (Wildman–Crippen LogP) is 3.60. The number of nitrogens with zero attached hydrogens (tertiary/aromatic N) is 3. The van der Waals surface area contributed by atoms with Gasteiger partial charge < -0.3 is 14.4 Å². The van der Waals surface area contributed by atoms with E-state index in [0.717, 1.165) is 60.3 Å². The van der Waals surface area contributed by atoms with Crippen molar-refractivity contribution in [3.05, 3.63) is 82.6 Å². The molecule has 0 amide bonds. The largest absolute Gasteiger partial charge is 0.423 e. The lowest BCUT2D eigenvalue weighted by Gasteiger charge is -2.36. The van der Waals surface area contributed by atoms with Crippen LogP contribution in [-0.2, 0) is 6.42 Å². The summed E-state index contributed by atoms with van der Waals surface area (Å²) < 4.78 is 19.0. The second-order valence-corrected chi connectivity index (χ2v) is 8.56. The Balaban J connectivity index is 1.18. The van der Waals surface area contributed by atoms with Crippen LogP contribution in [0, 0.1) is 5.82 Å². The maximum Gasteiger partial charge on any atom is 0.336 e. The van der Waals surface area contributed by atoms with Gasteiger partial charge in [-0.2, -0.15) is 0 Å². The van der Waals surface area contributed by atoms with Gasteiger partial charge in [-0.1, -0.05) is 24.3 Å². The molecule has 6 nitrogen and oxygen atoms in total. The van der Waals surface area contributed by atoms with Gasteiger partial charge in [0.05, 0.1) is 6.10 Å². The first kappa shape index (κ1) is 21.6. The van der Waals surface area contributed by atoms with Crippen LogP contribution in [0.4, 0.5) is 10.2 Å². The van der Waals surface area contributed by atoms with E-state index in [1.807, 2.05) is 24.3 Å². The fourth-order valence-corrected chi connectivity index (χ4v) is 4.60. The van der Waals surface area contributed by atoms with Gasteiger partial charge in [0.1, 0.15) is 17.2 Å². The number of anilines is 1. The van der Waals surface area contributed by atoms with Crippen LogP contribution in [0.1, 0.15) is 12.0 Å². The van der Waals surface area contributed by atoms with Gasteiger partial charge in [0.2, 0.25) is 0 Å². The molecule has 1 fully saturated rings. The number of hydrogen-bond acceptors (Lipinski definition) is 6. The zero-order valence-corrected chi connectivity index (χ0v) is 18.3. The molecule has 1 aliphatic heterocycles. The summed E-state index contributed by atoms with van der Waals surface area (Å²) in [5.74, 6) is 0.565. The van der Waals surface area contributed by atoms with Crippen LogP contribution < -0.4 is 10.5 Å². The maximum absolute atomic E-state index is 13.8. The molecule has 2 aromatic heterocycles. The van der Waals surface area contributed by atoms with Gasteiger partial charge in [-0.3, -0.25) is 4.90 Å². The molecular formula is C26H26FN3O3. The van der Waals surface area contributed by atoms with Crippen molar-refractivity contribution in [2.75, 3.05) is 37.6 Å². The number of para-hydroxylation sites is 1. The molecule has 0 saturated carbocycles. The summed E-state index contributed by atoms with van der Waals surface area (Å²) >= 11 is 0. The molecule has 1 saturated heterocycles. The molecule has 3 heterocycles. The third kappa shape index (κ3) is 4.74. The van der Waals surface area contributed by atoms with E-state index in [4.69, 9.17) is 4.42 Å². The monoisotopic (exact) mass is 447 g/mol. The third-order valence-corrected chi connectivity index (χ3v) is 6.35. The number of piperazine rings is 1. The Morgan fingerprint density at radius 1 is 1.03 bits per heavy atom. The Labute approximate surface area is 190 Å². The Morgan fingerprint density at radius 3 is 2.70 bits per heavy atom. The SMILES string of the molecule is O=c1cc(CC(O)CCN2CCN(c3nccc4ccc(F)cc34)CC2)c2ccccc2o1. The summed E-state index contributed by atoms with van der Waals surface area (Å²) in [6.45, 7) is 4.05. The number of pyridine rings is 1. The molecule has 170 valence electrons. The molecule has 5 rings (SSSR count). The average molecular weight is 448 g/mol. The van der Waals surface area contributed by atoms with Gasteiger partial charge in [-0.05, 0) is 48.1 Å². The minimum absolute atomic E-state index is 0.256. The third-order valence-electron chi connectivity index (χ3n) is 6.35. The molecule has 1 N–H and O–H groups in total. The highest BCUT2D eigenvalue weighted by molar-refractivity contribution is 5.92. The first-order valence-electron chi connectivity index (χ1n) is 11.3. The van der Waals surface area contributed by atoms with E-state index in [1.54, 1.807) is 24.4 Å². The number of aliphatic hydroxyl groups is 1. The molecule has 1 unspecified atom stereocenters. The van der Waals surface area contributed by atoms with E-state index < -0.39 is 11.7 Å². The summed E-state index contributed by atoms with van der Waals surface area (Å²) in [5, 5.41) is 13.3. The topological polar surface area (TPSA) is 69.8 Å². The lowest BCUT2D eigenvalue weighted by Crippen LogP contribution is -2.47. The Morgan fingerprint density at radius 2 is 1.85 bits per heavy atom. The second-order valence-electron chi connectivity index (χ2n) is 8.56. The number of benzene rings is 2. The van der Waals surface area contributed by atoms with Crippen LogP contribution in [0.15, 0.2) is 70.0 Å². The number of hydrogen-bond donors (Lipinski definition) is 1. The van der Waals surface area contributed by atoms with Gasteiger partial charge in [-0.25, -0.2) is 14.2 Å². The van der Waals surface area contributed by atoms with E-state index in [2.05, 4.69) is 14.8 Å². The first-order valence-corrected chi connectivity index (χ1v) is 11.3. The highest BCUT2D eigenvalue weighted by atomic mass is 19.1. The summed E-state index contributed by atoms with van der Waals surface area (Å²) in [7, 11) is 0. The maximum atomic E-state index is 13.8. The van der Waals surface area contributed by atoms with Crippen molar-refractivity contribution >= 4 is 27.6 Å². The summed E-state index contributed by atoms with van der Waals surface area (Å²) in [6, 6.07) is 15.6. The normalized spacial score (nSPS) is 15.9. The van der Waals surface area contributed by atoms with Crippen molar-refractivity contribution in [1.29, 1.82) is 0 Å². The molecule has 2 aromatic carbocycles. The van der Waals surface area contributed by atoms with Gasteiger partial charge in [-0.15, -0.1) is 0 Å². The van der Waals surface area contributed by atoms with Gasteiger partial charge in [0.15, 0.2) is 0 Å². The van der Waals surface area contributed by atoms with Gasteiger partial charge in [0.25, 0.3) is 0 Å². The minimum atomic E-state index is -0.545. The molecule has 0 aliphatic carbocycles. The van der Waals surface area contributed by atoms with E-state index in [-0.39, 0.29) is 5.82 Å². The second kappa shape index (κ2) is 9.29. The Bertz CT molecular complexity index is 1330. The number of aromatic nitrogens is 1. The van der Waals surface area contributed by atoms with Crippen LogP contribution in [0.5, 0.6) is 0 Å². The highest BCUT2D eigenvalue weighted by Gasteiger charge is 2.21. The zero-order chi connectivity index (χ0) is 22.8. The molecule has 0 radical (unpaired) electrons. The van der Waals surface area contributed by atoms with E-state index in [0.29, 0.717) is 18.4 Å². The zero-order valence-electron chi connectivity index (χ0n) is 18.3. The molecule has 4 aromatic rings. The summed E-state index contributed by atoms with van der Waals surface area (Å²) in [6.07, 6.45) is 2.26. The average Bonchev–Trinajstić information content (AvgIpc) is 2.82. The molecule has 0 spiro atoms. The number of aliphatic hydroxyl groups excluding tert-OH is 1. The standard InChI is InChI=1S/C26H26FN3O3/c27-20-6-5-18-7-9-28-26(23(18)17-20)30-13-11-29(12-14-30)10-8-21(31)15-19-16-25(32)33-24-4-2-1-3-22(19)24/h1-7,9,16-17,21,31H,8,10-15H2. The number of fused-ring (bicyclic) bond motifs is 2. The van der Waals surface area contributed by atoms with Crippen LogP contribution >= 0.6 is 0 Å². The van der Waals surface area contributed by atoms with Gasteiger partial charge in [0, 0.05) is 55.8 Å². The van der Waals surface area contributed by atoms with Crippen LogP contribution in [0.2, 0.25) is 0 Å². The van der Waals surface area contributed by atoms with Crippen molar-refractivity contribution in [2.45, 2.75) is 18.9 Å². The van der Waals surface area contributed by atoms with Crippen LogP contribution in [0.25, 0.3) is 21.7 Å². The van der Waals surface area contributed by atoms with Crippen molar-refractivity contribution in [3.63, 3.8) is 0 Å². The highest BCUT2D eigenvalue weighted by Crippen LogP contribution is 2.26. The van der Waals surface area contributed by atoms with E-state index >= 15 is 0 Å². The minimum Gasteiger partial charge on any atom is -0.423 e. The van der Waals surface area contributed by atoms with E-state index in [9.17, 15) is 14.3 Å². The fraction of sp³-hybridized carbons (Fsp3) is 0.308. The van der Waals surface area contributed by atoms with Crippen LogP contribution in [-0.4, -0.2) is 53.8 Å². The molecule has 0 bridgehead atoms. The van der Waals surface area contributed by atoms with E-state index in [1.165, 1.54) is 12.1 Å². The number of rotatable bonds is 6. The number of halogens is 1. The molecular weight excluding hydrogens is 421 g/mol.